The van der Waals surface area contributed by atoms with E-state index in [4.69, 9.17) is 24.5 Å². The van der Waals surface area contributed by atoms with Crippen molar-refractivity contribution < 1.29 is 29.6 Å². The van der Waals surface area contributed by atoms with Gasteiger partial charge in [0, 0.05) is 39.7 Å². The number of hydrogen-bond acceptors (Lipinski definition) is 7. The second-order valence-electron chi connectivity index (χ2n) is 7.50. The highest BCUT2D eigenvalue weighted by Crippen LogP contribution is 2.21. The van der Waals surface area contributed by atoms with Gasteiger partial charge in [0.2, 0.25) is 0 Å². The maximum atomic E-state index is 10.4. The second kappa shape index (κ2) is 14.7. The Hall–Kier alpha value is -2.23. The summed E-state index contributed by atoms with van der Waals surface area (Å²) in [6, 6.07) is 3.86. The molecule has 4 N–H and O–H groups in total. The SMILES string of the molecule is CC(=O)O.CC(=O)O.OC(CN1CCC(Oc2cccnc2)CC1)C1CCNCC1. The number of aliphatic carboxylic acids is 2. The number of carbonyl (C=O) groups is 2. The Morgan fingerprint density at radius 2 is 1.73 bits per heavy atom. The summed E-state index contributed by atoms with van der Waals surface area (Å²) < 4.78 is 5.96. The molecule has 0 aliphatic carbocycles. The van der Waals surface area contributed by atoms with Gasteiger partial charge in [-0.1, -0.05) is 0 Å². The van der Waals surface area contributed by atoms with Gasteiger partial charge in [-0.25, -0.2) is 0 Å². The molecule has 2 aliphatic heterocycles. The zero-order valence-electron chi connectivity index (χ0n) is 17.9. The molecule has 2 aliphatic rings. The second-order valence-corrected chi connectivity index (χ2v) is 7.50. The molecule has 3 rings (SSSR count). The fraction of sp³-hybridized carbons (Fsp3) is 0.667. The quantitative estimate of drug-likeness (QED) is 0.553. The van der Waals surface area contributed by atoms with E-state index in [9.17, 15) is 5.11 Å². The van der Waals surface area contributed by atoms with Gasteiger partial charge in [-0.3, -0.25) is 14.6 Å². The van der Waals surface area contributed by atoms with Gasteiger partial charge in [-0.2, -0.15) is 0 Å². The van der Waals surface area contributed by atoms with Crippen molar-refractivity contribution in [3.63, 3.8) is 0 Å². The Labute approximate surface area is 178 Å². The predicted octanol–water partition coefficient (Wildman–Crippen LogP) is 1.47. The lowest BCUT2D eigenvalue weighted by molar-refractivity contribution is -0.135. The molecular formula is C21H35N3O6. The lowest BCUT2D eigenvalue weighted by Crippen LogP contribution is -2.45. The monoisotopic (exact) mass is 425 g/mol. The molecule has 170 valence electrons. The number of ether oxygens (including phenoxy) is 1. The molecule has 2 fully saturated rings. The van der Waals surface area contributed by atoms with Gasteiger partial charge in [0.05, 0.1) is 12.3 Å². The zero-order valence-corrected chi connectivity index (χ0v) is 17.9. The van der Waals surface area contributed by atoms with E-state index in [1.165, 1.54) is 0 Å². The maximum Gasteiger partial charge on any atom is 0.300 e. The summed E-state index contributed by atoms with van der Waals surface area (Å²) in [5.74, 6) is -0.346. The number of hydrogen-bond donors (Lipinski definition) is 4. The van der Waals surface area contributed by atoms with E-state index in [2.05, 4.69) is 15.2 Å². The van der Waals surface area contributed by atoms with Crippen LogP contribution >= 0.6 is 0 Å². The highest BCUT2D eigenvalue weighted by Gasteiger charge is 2.26. The van der Waals surface area contributed by atoms with E-state index in [1.807, 2.05) is 12.1 Å². The molecule has 9 nitrogen and oxygen atoms in total. The van der Waals surface area contributed by atoms with Crippen molar-refractivity contribution in [2.24, 2.45) is 5.92 Å². The van der Waals surface area contributed by atoms with E-state index >= 15 is 0 Å². The van der Waals surface area contributed by atoms with Crippen molar-refractivity contribution in [2.75, 3.05) is 32.7 Å². The summed E-state index contributed by atoms with van der Waals surface area (Å²) in [4.78, 5) is 24.5. The minimum atomic E-state index is -0.833. The first kappa shape index (κ1) is 25.8. The van der Waals surface area contributed by atoms with Crippen LogP contribution in [0.3, 0.4) is 0 Å². The maximum absolute atomic E-state index is 10.4. The fourth-order valence-electron chi connectivity index (χ4n) is 3.46. The molecule has 1 aromatic heterocycles. The topological polar surface area (TPSA) is 132 Å². The normalized spacial score (nSPS) is 18.8. The van der Waals surface area contributed by atoms with E-state index in [0.717, 1.165) is 78.0 Å². The van der Waals surface area contributed by atoms with Crippen LogP contribution < -0.4 is 10.1 Å². The third-order valence-electron chi connectivity index (χ3n) is 4.84. The molecule has 0 bridgehead atoms. The van der Waals surface area contributed by atoms with Gasteiger partial charge in [0.1, 0.15) is 11.9 Å². The fourth-order valence-corrected chi connectivity index (χ4v) is 3.46. The molecule has 0 amide bonds. The average Bonchev–Trinajstić information content (AvgIpc) is 2.70. The van der Waals surface area contributed by atoms with Gasteiger partial charge in [-0.05, 0) is 56.8 Å². The van der Waals surface area contributed by atoms with E-state index in [1.54, 1.807) is 12.4 Å². The van der Waals surface area contributed by atoms with E-state index in [0.29, 0.717) is 5.92 Å². The van der Waals surface area contributed by atoms with Crippen molar-refractivity contribution in [3.05, 3.63) is 24.5 Å². The van der Waals surface area contributed by atoms with Crippen LogP contribution in [0.5, 0.6) is 5.75 Å². The lowest BCUT2D eigenvalue weighted by Gasteiger charge is -2.35. The van der Waals surface area contributed by atoms with Crippen LogP contribution in [0.15, 0.2) is 24.5 Å². The smallest absolute Gasteiger partial charge is 0.300 e. The number of nitrogens with zero attached hydrogens (tertiary/aromatic N) is 2. The molecule has 2 saturated heterocycles. The predicted molar refractivity (Wildman–Crippen MR) is 113 cm³/mol. The number of carboxylic acid groups (broad SMARTS) is 2. The van der Waals surface area contributed by atoms with Gasteiger partial charge in [0.25, 0.3) is 11.9 Å². The Morgan fingerprint density at radius 1 is 1.17 bits per heavy atom. The number of carboxylic acids is 2. The third-order valence-corrected chi connectivity index (χ3v) is 4.84. The Kier molecular flexibility index (Phi) is 12.6. The largest absolute Gasteiger partial charge is 0.489 e. The first-order chi connectivity index (χ1) is 14.3. The molecule has 0 spiro atoms. The van der Waals surface area contributed by atoms with Crippen LogP contribution in [0.25, 0.3) is 0 Å². The summed E-state index contributed by atoms with van der Waals surface area (Å²) in [6.07, 6.45) is 7.87. The lowest BCUT2D eigenvalue weighted by atomic mass is 9.91. The number of nitrogens with one attached hydrogen (secondary N) is 1. The molecule has 3 heterocycles. The van der Waals surface area contributed by atoms with Crippen LogP contribution in [0.1, 0.15) is 39.5 Å². The number of rotatable bonds is 5. The van der Waals surface area contributed by atoms with Gasteiger partial charge >= 0.3 is 0 Å². The molecular weight excluding hydrogens is 390 g/mol. The molecule has 1 aromatic rings. The van der Waals surface area contributed by atoms with Gasteiger partial charge in [0.15, 0.2) is 0 Å². The number of piperidine rings is 2. The summed E-state index contributed by atoms with van der Waals surface area (Å²) >= 11 is 0. The number of pyridine rings is 1. The number of aromatic nitrogens is 1. The van der Waals surface area contributed by atoms with Crippen molar-refractivity contribution >= 4 is 11.9 Å². The van der Waals surface area contributed by atoms with Crippen LogP contribution in [-0.2, 0) is 9.59 Å². The number of likely N-dealkylation sites (tertiary alicyclic amines) is 1. The molecule has 9 heteroatoms. The van der Waals surface area contributed by atoms with Crippen molar-refractivity contribution in [1.29, 1.82) is 0 Å². The van der Waals surface area contributed by atoms with Crippen LogP contribution in [0.4, 0.5) is 0 Å². The first-order valence-electron chi connectivity index (χ1n) is 10.3. The summed E-state index contributed by atoms with van der Waals surface area (Å²) in [5, 5.41) is 28.6. The Balaban J connectivity index is 0.000000485. The summed E-state index contributed by atoms with van der Waals surface area (Å²) in [7, 11) is 0. The summed E-state index contributed by atoms with van der Waals surface area (Å²) in [6.45, 7) is 7.08. The molecule has 0 saturated carbocycles. The minimum Gasteiger partial charge on any atom is -0.489 e. The highest BCUT2D eigenvalue weighted by atomic mass is 16.5. The van der Waals surface area contributed by atoms with Gasteiger partial charge < -0.3 is 30.3 Å². The van der Waals surface area contributed by atoms with Crippen molar-refractivity contribution in [2.45, 2.75) is 51.7 Å². The first-order valence-corrected chi connectivity index (χ1v) is 10.3. The zero-order chi connectivity index (χ0) is 22.4. The molecule has 30 heavy (non-hydrogen) atoms. The molecule has 0 radical (unpaired) electrons. The van der Waals surface area contributed by atoms with Crippen LogP contribution in [-0.4, -0.2) is 82.1 Å². The molecule has 1 atom stereocenters. The molecule has 0 aromatic carbocycles. The standard InChI is InChI=1S/C17H27N3O2.2C2H4O2/c21-17(14-3-8-18-9-4-14)13-20-10-5-15(6-11-20)22-16-2-1-7-19-12-16;2*1-2(3)4/h1-2,7,12,14-15,17-18,21H,3-6,8-11,13H2;2*1H3,(H,3,4). The number of β-amino-alcohol motifs (C(OH)–C–C–N with tert-alkyl or cyclic N) is 1. The van der Waals surface area contributed by atoms with Gasteiger partial charge in [-0.15, -0.1) is 0 Å². The van der Waals surface area contributed by atoms with Crippen LogP contribution in [0, 0.1) is 5.92 Å². The average molecular weight is 426 g/mol. The van der Waals surface area contributed by atoms with Crippen molar-refractivity contribution in [1.82, 2.24) is 15.2 Å². The van der Waals surface area contributed by atoms with Crippen molar-refractivity contribution in [3.8, 4) is 5.75 Å². The van der Waals surface area contributed by atoms with Crippen LogP contribution in [0.2, 0.25) is 0 Å². The minimum absolute atomic E-state index is 0.183. The Morgan fingerprint density at radius 3 is 2.23 bits per heavy atom. The summed E-state index contributed by atoms with van der Waals surface area (Å²) in [5.41, 5.74) is 0. The third kappa shape index (κ3) is 12.4. The van der Waals surface area contributed by atoms with E-state index < -0.39 is 11.9 Å². The highest BCUT2D eigenvalue weighted by molar-refractivity contribution is 5.63. The number of aliphatic hydroxyl groups is 1. The Bertz CT molecular complexity index is 582. The molecule has 1 unspecified atom stereocenters. The number of aliphatic hydroxyl groups excluding tert-OH is 1. The van der Waals surface area contributed by atoms with E-state index in [-0.39, 0.29) is 12.2 Å².